The van der Waals surface area contributed by atoms with Crippen molar-refractivity contribution in [3.8, 4) is 11.5 Å². The molecule has 21 heavy (non-hydrogen) atoms. The van der Waals surface area contributed by atoms with Crippen LogP contribution < -0.4 is 14.2 Å². The first-order valence-electron chi connectivity index (χ1n) is 5.90. The van der Waals surface area contributed by atoms with Crippen LogP contribution in [0.2, 0.25) is 5.28 Å². The van der Waals surface area contributed by atoms with E-state index in [1.807, 2.05) is 0 Å². The molecule has 0 unspecified atom stereocenters. The van der Waals surface area contributed by atoms with Crippen LogP contribution in [0.4, 0.5) is 0 Å². The Labute approximate surface area is 125 Å². The van der Waals surface area contributed by atoms with Crippen LogP contribution in [0.25, 0.3) is 0 Å². The highest BCUT2D eigenvalue weighted by atomic mass is 35.5. The van der Waals surface area contributed by atoms with E-state index >= 15 is 0 Å². The molecular weight excluding hydrogens is 318 g/mol. The minimum Gasteiger partial charge on any atom is -0.454 e. The number of nitrogens with one attached hydrogen (secondary N) is 1. The number of ether oxygens (including phenoxy) is 2. The summed E-state index contributed by atoms with van der Waals surface area (Å²) in [5, 5.41) is -0.00952. The highest BCUT2D eigenvalue weighted by Crippen LogP contribution is 2.32. The zero-order valence-electron chi connectivity index (χ0n) is 10.6. The van der Waals surface area contributed by atoms with Crippen molar-refractivity contribution in [1.82, 2.24) is 14.7 Å². The lowest BCUT2D eigenvalue weighted by atomic mass is 10.2. The molecule has 0 spiro atoms. The fourth-order valence-electron chi connectivity index (χ4n) is 1.75. The van der Waals surface area contributed by atoms with Crippen LogP contribution in [0.15, 0.2) is 35.5 Å². The highest BCUT2D eigenvalue weighted by molar-refractivity contribution is 7.89. The minimum absolute atomic E-state index is 0.00952. The van der Waals surface area contributed by atoms with E-state index < -0.39 is 10.0 Å². The second kappa shape index (κ2) is 5.47. The van der Waals surface area contributed by atoms with Gasteiger partial charge in [0.05, 0.1) is 12.4 Å². The van der Waals surface area contributed by atoms with Gasteiger partial charge in [0.15, 0.2) is 11.5 Å². The van der Waals surface area contributed by atoms with Gasteiger partial charge in [0.2, 0.25) is 22.1 Å². The lowest BCUT2D eigenvalue weighted by Gasteiger charge is -2.07. The van der Waals surface area contributed by atoms with Gasteiger partial charge in [-0.3, -0.25) is 0 Å². The van der Waals surface area contributed by atoms with Crippen molar-refractivity contribution < 1.29 is 17.9 Å². The molecule has 0 bridgehead atoms. The summed E-state index contributed by atoms with van der Waals surface area (Å²) in [6, 6.07) is 5.22. The molecular formula is C12H10ClN3O4S. The van der Waals surface area contributed by atoms with E-state index in [1.54, 1.807) is 18.2 Å². The lowest BCUT2D eigenvalue weighted by molar-refractivity contribution is 0.174. The predicted molar refractivity (Wildman–Crippen MR) is 73.6 cm³/mol. The largest absolute Gasteiger partial charge is 0.454 e. The van der Waals surface area contributed by atoms with Gasteiger partial charge in [-0.2, -0.15) is 0 Å². The van der Waals surface area contributed by atoms with Gasteiger partial charge in [-0.25, -0.2) is 23.1 Å². The van der Waals surface area contributed by atoms with E-state index in [4.69, 9.17) is 21.1 Å². The van der Waals surface area contributed by atoms with E-state index in [0.29, 0.717) is 11.5 Å². The maximum atomic E-state index is 12.1. The lowest BCUT2D eigenvalue weighted by Crippen LogP contribution is -2.23. The standard InChI is InChI=1S/C12H10ClN3O4S/c13-12-14-5-9(6-15-12)21(17,18)16-4-8-1-2-10-11(3-8)20-7-19-10/h1-3,5-6,16H,4,7H2. The van der Waals surface area contributed by atoms with E-state index in [-0.39, 0.29) is 23.5 Å². The Hall–Kier alpha value is -1.90. The Morgan fingerprint density at radius 2 is 1.90 bits per heavy atom. The quantitative estimate of drug-likeness (QED) is 0.852. The number of fused-ring (bicyclic) bond motifs is 1. The topological polar surface area (TPSA) is 90.4 Å². The first kappa shape index (κ1) is 14.1. The van der Waals surface area contributed by atoms with Crippen LogP contribution in [0.3, 0.4) is 0 Å². The van der Waals surface area contributed by atoms with Crippen molar-refractivity contribution in [3.63, 3.8) is 0 Å². The molecule has 7 nitrogen and oxygen atoms in total. The highest BCUT2D eigenvalue weighted by Gasteiger charge is 2.17. The van der Waals surface area contributed by atoms with Crippen molar-refractivity contribution in [3.05, 3.63) is 41.4 Å². The molecule has 0 amide bonds. The van der Waals surface area contributed by atoms with Crippen LogP contribution >= 0.6 is 11.6 Å². The molecule has 0 saturated carbocycles. The monoisotopic (exact) mass is 327 g/mol. The van der Waals surface area contributed by atoms with Crippen LogP contribution in [0.1, 0.15) is 5.56 Å². The van der Waals surface area contributed by atoms with Gasteiger partial charge >= 0.3 is 0 Å². The molecule has 2 aromatic rings. The van der Waals surface area contributed by atoms with E-state index in [1.165, 1.54) is 0 Å². The molecule has 9 heteroatoms. The van der Waals surface area contributed by atoms with Crippen molar-refractivity contribution in [2.24, 2.45) is 0 Å². The predicted octanol–water partition coefficient (Wildman–Crippen LogP) is 1.34. The molecule has 3 rings (SSSR count). The number of rotatable bonds is 4. The third kappa shape index (κ3) is 3.07. The number of hydrogen-bond acceptors (Lipinski definition) is 6. The zero-order valence-corrected chi connectivity index (χ0v) is 12.2. The van der Waals surface area contributed by atoms with Gasteiger partial charge in [-0.15, -0.1) is 0 Å². The average molecular weight is 328 g/mol. The fraction of sp³-hybridized carbons (Fsp3) is 0.167. The molecule has 0 atom stereocenters. The van der Waals surface area contributed by atoms with Gasteiger partial charge in [0.1, 0.15) is 4.90 Å². The summed E-state index contributed by atoms with van der Waals surface area (Å²) in [4.78, 5) is 7.24. The number of hydrogen-bond donors (Lipinski definition) is 1. The molecule has 2 heterocycles. The number of sulfonamides is 1. The molecule has 1 aliphatic heterocycles. The molecule has 1 N–H and O–H groups in total. The number of halogens is 1. The zero-order chi connectivity index (χ0) is 14.9. The Bertz CT molecular complexity index is 765. The third-order valence-corrected chi connectivity index (χ3v) is 4.36. The summed E-state index contributed by atoms with van der Waals surface area (Å²) in [5.41, 5.74) is 0.748. The number of benzene rings is 1. The summed E-state index contributed by atoms with van der Waals surface area (Å²) in [7, 11) is -3.70. The van der Waals surface area contributed by atoms with Gasteiger partial charge in [0, 0.05) is 6.54 Å². The average Bonchev–Trinajstić information content (AvgIpc) is 2.93. The summed E-state index contributed by atoms with van der Waals surface area (Å²) in [6.45, 7) is 0.286. The number of nitrogens with zero attached hydrogens (tertiary/aromatic N) is 2. The maximum absolute atomic E-state index is 12.1. The molecule has 0 radical (unpaired) electrons. The van der Waals surface area contributed by atoms with Crippen LogP contribution in [-0.4, -0.2) is 25.2 Å². The molecule has 0 saturated heterocycles. The molecule has 0 fully saturated rings. The molecule has 1 aromatic carbocycles. The maximum Gasteiger partial charge on any atom is 0.243 e. The van der Waals surface area contributed by atoms with Crippen LogP contribution in [0, 0.1) is 0 Å². The smallest absolute Gasteiger partial charge is 0.243 e. The van der Waals surface area contributed by atoms with Gasteiger partial charge in [0.25, 0.3) is 0 Å². The first-order chi connectivity index (χ1) is 10.0. The fourth-order valence-corrected chi connectivity index (χ4v) is 2.76. The Kier molecular flexibility index (Phi) is 3.66. The number of aromatic nitrogens is 2. The van der Waals surface area contributed by atoms with Crippen LogP contribution in [-0.2, 0) is 16.6 Å². The summed E-state index contributed by atoms with van der Waals surface area (Å²) in [6.07, 6.45) is 2.30. The summed E-state index contributed by atoms with van der Waals surface area (Å²) >= 11 is 5.53. The second-order valence-corrected chi connectivity index (χ2v) is 6.30. The van der Waals surface area contributed by atoms with Gasteiger partial charge in [-0.05, 0) is 29.3 Å². The van der Waals surface area contributed by atoms with E-state index in [9.17, 15) is 8.42 Å². The molecule has 110 valence electrons. The van der Waals surface area contributed by atoms with Gasteiger partial charge in [-0.1, -0.05) is 6.07 Å². The SMILES string of the molecule is O=S(=O)(NCc1ccc2c(c1)OCO2)c1cnc(Cl)nc1. The summed E-state index contributed by atoms with van der Waals surface area (Å²) < 4.78 is 37.0. The normalized spacial score (nSPS) is 13.4. The Morgan fingerprint density at radius 3 is 2.67 bits per heavy atom. The Morgan fingerprint density at radius 1 is 1.19 bits per heavy atom. The second-order valence-electron chi connectivity index (χ2n) is 4.20. The molecule has 1 aromatic heterocycles. The Balaban J connectivity index is 1.73. The minimum atomic E-state index is -3.70. The molecule has 0 aliphatic carbocycles. The molecule has 1 aliphatic rings. The van der Waals surface area contributed by atoms with Crippen molar-refractivity contribution in [2.45, 2.75) is 11.4 Å². The third-order valence-electron chi connectivity index (χ3n) is 2.81. The van der Waals surface area contributed by atoms with E-state index in [2.05, 4.69) is 14.7 Å². The van der Waals surface area contributed by atoms with Crippen molar-refractivity contribution in [1.29, 1.82) is 0 Å². The van der Waals surface area contributed by atoms with Crippen molar-refractivity contribution in [2.75, 3.05) is 6.79 Å². The first-order valence-corrected chi connectivity index (χ1v) is 7.76. The van der Waals surface area contributed by atoms with E-state index in [0.717, 1.165) is 18.0 Å². The van der Waals surface area contributed by atoms with Gasteiger partial charge < -0.3 is 9.47 Å². The van der Waals surface area contributed by atoms with Crippen molar-refractivity contribution >= 4 is 21.6 Å². The summed E-state index contributed by atoms with van der Waals surface area (Å²) in [5.74, 6) is 1.24. The van der Waals surface area contributed by atoms with Crippen LogP contribution in [0.5, 0.6) is 11.5 Å².